The van der Waals surface area contributed by atoms with Crippen molar-refractivity contribution in [3.63, 3.8) is 0 Å². The lowest BCUT2D eigenvalue weighted by Gasteiger charge is -2.06. The molecule has 0 spiro atoms. The van der Waals surface area contributed by atoms with Crippen LogP contribution in [0.1, 0.15) is 12.0 Å². The first-order chi connectivity index (χ1) is 5.54. The topological polar surface area (TPSA) is 12.9 Å². The number of aromatic nitrogens is 1. The Balaban J connectivity index is 3.33. The standard InChI is InChI=1S/C6H2BrF2I2N/c7-4-2(10)1-12-6(11)3(4)5(8)9/h1,5H. The fraction of sp³-hybridized carbons (Fsp3) is 0.167. The molecule has 0 fully saturated rings. The molecule has 0 aliphatic heterocycles. The molecule has 0 unspecified atom stereocenters. The Bertz CT molecular complexity index is 306. The molecular weight excluding hydrogens is 458 g/mol. The van der Waals surface area contributed by atoms with Crippen molar-refractivity contribution in [1.82, 2.24) is 4.98 Å². The molecule has 0 saturated heterocycles. The van der Waals surface area contributed by atoms with Gasteiger partial charge in [0.1, 0.15) is 3.70 Å². The average molecular weight is 460 g/mol. The van der Waals surface area contributed by atoms with Crippen molar-refractivity contribution in [3.8, 4) is 0 Å². The van der Waals surface area contributed by atoms with Crippen molar-refractivity contribution >= 4 is 61.1 Å². The van der Waals surface area contributed by atoms with Gasteiger partial charge in [-0.25, -0.2) is 13.8 Å². The molecule has 1 heterocycles. The summed E-state index contributed by atoms with van der Waals surface area (Å²) in [6, 6.07) is 0. The third-order valence-electron chi connectivity index (χ3n) is 1.18. The molecule has 0 aliphatic carbocycles. The van der Waals surface area contributed by atoms with Gasteiger partial charge in [0, 0.05) is 14.2 Å². The summed E-state index contributed by atoms with van der Waals surface area (Å²) in [4.78, 5) is 3.83. The summed E-state index contributed by atoms with van der Waals surface area (Å²) in [6.45, 7) is 0. The van der Waals surface area contributed by atoms with Gasteiger partial charge in [0.25, 0.3) is 6.43 Å². The predicted octanol–water partition coefficient (Wildman–Crippen LogP) is 3.99. The van der Waals surface area contributed by atoms with E-state index in [9.17, 15) is 8.78 Å². The van der Waals surface area contributed by atoms with E-state index < -0.39 is 6.43 Å². The van der Waals surface area contributed by atoms with Gasteiger partial charge < -0.3 is 0 Å². The molecule has 0 saturated carbocycles. The lowest BCUT2D eigenvalue weighted by Crippen LogP contribution is -1.96. The van der Waals surface area contributed by atoms with Crippen molar-refractivity contribution in [2.45, 2.75) is 6.43 Å². The van der Waals surface area contributed by atoms with Gasteiger partial charge in [0.05, 0.1) is 5.56 Å². The maximum absolute atomic E-state index is 12.4. The average Bonchev–Trinajstić information content (AvgIpc) is 1.97. The highest BCUT2D eigenvalue weighted by Gasteiger charge is 2.18. The Morgan fingerprint density at radius 2 is 2.00 bits per heavy atom. The van der Waals surface area contributed by atoms with E-state index in [1.54, 1.807) is 28.8 Å². The molecule has 66 valence electrons. The second kappa shape index (κ2) is 4.45. The lowest BCUT2D eigenvalue weighted by atomic mass is 10.3. The Morgan fingerprint density at radius 1 is 1.42 bits per heavy atom. The highest BCUT2D eigenvalue weighted by atomic mass is 127. The summed E-state index contributed by atoms with van der Waals surface area (Å²) < 4.78 is 26.3. The SMILES string of the molecule is FC(F)c1c(I)ncc(I)c1Br. The molecule has 0 N–H and O–H groups in total. The van der Waals surface area contributed by atoms with Gasteiger partial charge in [-0.05, 0) is 61.1 Å². The molecule has 6 heteroatoms. The van der Waals surface area contributed by atoms with Gasteiger partial charge in [0.2, 0.25) is 0 Å². The minimum atomic E-state index is -2.48. The molecule has 0 aliphatic rings. The third-order valence-corrected chi connectivity index (χ3v) is 4.45. The van der Waals surface area contributed by atoms with Gasteiger partial charge in [-0.2, -0.15) is 0 Å². The van der Waals surface area contributed by atoms with E-state index in [0.717, 1.165) is 0 Å². The highest BCUT2D eigenvalue weighted by Crippen LogP contribution is 2.33. The second-order valence-corrected chi connectivity index (χ2v) is 4.90. The fourth-order valence-corrected chi connectivity index (χ4v) is 2.55. The summed E-state index contributed by atoms with van der Waals surface area (Å²) in [5, 5.41) is 0. The summed E-state index contributed by atoms with van der Waals surface area (Å²) in [6.07, 6.45) is -0.924. The summed E-state index contributed by atoms with van der Waals surface area (Å²) in [5.74, 6) is 0. The van der Waals surface area contributed by atoms with Crippen LogP contribution in [0.25, 0.3) is 0 Å². The van der Waals surface area contributed by atoms with Crippen LogP contribution >= 0.6 is 61.1 Å². The quantitative estimate of drug-likeness (QED) is 0.457. The van der Waals surface area contributed by atoms with Crippen LogP contribution in [0.3, 0.4) is 0 Å². The van der Waals surface area contributed by atoms with Crippen LogP contribution in [-0.2, 0) is 0 Å². The minimum absolute atomic E-state index is 0.0255. The molecule has 1 aromatic rings. The maximum atomic E-state index is 12.4. The smallest absolute Gasteiger partial charge is 0.249 e. The number of nitrogens with zero attached hydrogens (tertiary/aromatic N) is 1. The first-order valence-corrected chi connectivity index (χ1v) is 5.76. The largest absolute Gasteiger partial charge is 0.267 e. The number of rotatable bonds is 1. The molecule has 0 atom stereocenters. The summed E-state index contributed by atoms with van der Waals surface area (Å²) in [7, 11) is 0. The van der Waals surface area contributed by atoms with E-state index in [1.807, 2.05) is 22.6 Å². The first-order valence-electron chi connectivity index (χ1n) is 2.81. The van der Waals surface area contributed by atoms with Crippen molar-refractivity contribution < 1.29 is 8.78 Å². The van der Waals surface area contributed by atoms with Crippen molar-refractivity contribution in [3.05, 3.63) is 23.5 Å². The van der Waals surface area contributed by atoms with Gasteiger partial charge in [-0.15, -0.1) is 0 Å². The van der Waals surface area contributed by atoms with Gasteiger partial charge in [-0.1, -0.05) is 0 Å². The van der Waals surface area contributed by atoms with E-state index in [4.69, 9.17) is 0 Å². The zero-order valence-electron chi connectivity index (χ0n) is 5.49. The third kappa shape index (κ3) is 2.25. The molecule has 0 aromatic carbocycles. The molecule has 0 radical (unpaired) electrons. The number of halogens is 5. The molecular formula is C6H2BrF2I2N. The minimum Gasteiger partial charge on any atom is -0.249 e. The molecule has 1 rings (SSSR count). The van der Waals surface area contributed by atoms with Crippen LogP contribution in [0.15, 0.2) is 10.7 Å². The van der Waals surface area contributed by atoms with Crippen LogP contribution in [0.2, 0.25) is 0 Å². The maximum Gasteiger partial charge on any atom is 0.267 e. The predicted molar refractivity (Wildman–Crippen MR) is 62.3 cm³/mol. The van der Waals surface area contributed by atoms with Crippen LogP contribution in [0.4, 0.5) is 8.78 Å². The number of pyridine rings is 1. The first kappa shape index (κ1) is 11.0. The van der Waals surface area contributed by atoms with Crippen LogP contribution < -0.4 is 0 Å². The lowest BCUT2D eigenvalue weighted by molar-refractivity contribution is 0.149. The molecule has 0 amide bonds. The molecule has 1 aromatic heterocycles. The summed E-state index contributed by atoms with van der Waals surface area (Å²) >= 11 is 6.85. The van der Waals surface area contributed by atoms with Crippen molar-refractivity contribution in [1.29, 1.82) is 0 Å². The van der Waals surface area contributed by atoms with Gasteiger partial charge >= 0.3 is 0 Å². The van der Waals surface area contributed by atoms with Crippen LogP contribution in [-0.4, -0.2) is 4.98 Å². The second-order valence-electron chi connectivity index (χ2n) is 1.93. The monoisotopic (exact) mass is 459 g/mol. The zero-order valence-corrected chi connectivity index (χ0v) is 11.4. The van der Waals surface area contributed by atoms with Gasteiger partial charge in [-0.3, -0.25) is 0 Å². The number of hydrogen-bond acceptors (Lipinski definition) is 1. The van der Waals surface area contributed by atoms with E-state index in [0.29, 0.717) is 11.7 Å². The van der Waals surface area contributed by atoms with E-state index in [1.165, 1.54) is 0 Å². The van der Waals surface area contributed by atoms with E-state index >= 15 is 0 Å². The van der Waals surface area contributed by atoms with Gasteiger partial charge in [0.15, 0.2) is 0 Å². The zero-order chi connectivity index (χ0) is 9.30. The van der Waals surface area contributed by atoms with E-state index in [2.05, 4.69) is 20.9 Å². The molecule has 12 heavy (non-hydrogen) atoms. The fourth-order valence-electron chi connectivity index (χ4n) is 0.645. The number of hydrogen-bond donors (Lipinski definition) is 0. The van der Waals surface area contributed by atoms with E-state index in [-0.39, 0.29) is 5.56 Å². The summed E-state index contributed by atoms with van der Waals surface area (Å²) in [5.41, 5.74) is -0.0255. The highest BCUT2D eigenvalue weighted by molar-refractivity contribution is 14.1. The number of alkyl halides is 2. The Morgan fingerprint density at radius 3 is 2.42 bits per heavy atom. The molecule has 0 bridgehead atoms. The Kier molecular flexibility index (Phi) is 4.09. The van der Waals surface area contributed by atoms with Crippen molar-refractivity contribution in [2.75, 3.05) is 0 Å². The molecule has 1 nitrogen and oxygen atoms in total. The van der Waals surface area contributed by atoms with Crippen molar-refractivity contribution in [2.24, 2.45) is 0 Å². The normalized spacial score (nSPS) is 10.8. The van der Waals surface area contributed by atoms with Crippen LogP contribution in [0.5, 0.6) is 0 Å². The van der Waals surface area contributed by atoms with Crippen LogP contribution in [0, 0.1) is 7.27 Å². The Labute approximate surface area is 104 Å². The Hall–Kier alpha value is 0.950.